The molecule has 3 aromatic carbocycles. The second-order valence-corrected chi connectivity index (χ2v) is 9.18. The first-order valence-corrected chi connectivity index (χ1v) is 12.1. The molecule has 0 unspecified atom stereocenters. The van der Waals surface area contributed by atoms with E-state index in [9.17, 15) is 24.5 Å². The molecular formula is C26H21BrN4O8. The molecule has 0 saturated heterocycles. The zero-order valence-corrected chi connectivity index (χ0v) is 22.5. The average molecular weight is 597 g/mol. The third-order valence-electron chi connectivity index (χ3n) is 5.57. The predicted octanol–water partition coefficient (Wildman–Crippen LogP) is 4.37. The fraction of sp³-hybridized carbons (Fsp3) is 0.154. The van der Waals surface area contributed by atoms with Gasteiger partial charge in [0.15, 0.2) is 0 Å². The first-order chi connectivity index (χ1) is 18.6. The van der Waals surface area contributed by atoms with Crippen LogP contribution < -0.4 is 20.7 Å². The molecule has 4 aromatic rings. The molecule has 0 aliphatic rings. The Morgan fingerprint density at radius 2 is 1.74 bits per heavy atom. The topological polar surface area (TPSA) is 156 Å². The van der Waals surface area contributed by atoms with Crippen molar-refractivity contribution >= 4 is 27.6 Å². The number of benzene rings is 3. The maximum atomic E-state index is 12.6. The van der Waals surface area contributed by atoms with E-state index >= 15 is 0 Å². The summed E-state index contributed by atoms with van der Waals surface area (Å²) in [6.07, 6.45) is 0. The lowest BCUT2D eigenvalue weighted by atomic mass is 10.1. The minimum Gasteiger partial charge on any atom is -0.496 e. The average Bonchev–Trinajstić information content (AvgIpc) is 2.89. The molecule has 0 aliphatic carbocycles. The van der Waals surface area contributed by atoms with E-state index in [1.54, 1.807) is 51.3 Å². The lowest BCUT2D eigenvalue weighted by Crippen LogP contribution is -2.36. The number of H-pyrrole nitrogens is 1. The molecule has 0 bridgehead atoms. The van der Waals surface area contributed by atoms with Crippen molar-refractivity contribution in [2.45, 2.75) is 20.5 Å². The van der Waals surface area contributed by atoms with Crippen molar-refractivity contribution in [1.82, 2.24) is 14.8 Å². The van der Waals surface area contributed by atoms with Crippen LogP contribution in [0, 0.1) is 24.0 Å². The number of carbonyl (C=O) groups excluding carboxylic acids is 1. The number of hydrogen-bond donors (Lipinski definition) is 1. The van der Waals surface area contributed by atoms with E-state index in [1.807, 2.05) is 0 Å². The molecule has 0 fully saturated rings. The predicted molar refractivity (Wildman–Crippen MR) is 143 cm³/mol. The molecule has 13 heteroatoms. The fourth-order valence-corrected chi connectivity index (χ4v) is 4.20. The van der Waals surface area contributed by atoms with E-state index in [4.69, 9.17) is 14.2 Å². The van der Waals surface area contributed by atoms with Crippen molar-refractivity contribution < 1.29 is 23.9 Å². The van der Waals surface area contributed by atoms with Gasteiger partial charge in [-0.1, -0.05) is 0 Å². The van der Waals surface area contributed by atoms with Crippen LogP contribution in [-0.4, -0.2) is 32.8 Å². The number of halogens is 1. The van der Waals surface area contributed by atoms with Crippen molar-refractivity contribution in [3.05, 3.63) is 112 Å². The van der Waals surface area contributed by atoms with E-state index < -0.39 is 27.8 Å². The lowest BCUT2D eigenvalue weighted by molar-refractivity contribution is -0.384. The minimum absolute atomic E-state index is 0.117. The van der Waals surface area contributed by atoms with Crippen LogP contribution in [0.5, 0.6) is 17.2 Å². The molecule has 0 spiro atoms. The molecule has 39 heavy (non-hydrogen) atoms. The van der Waals surface area contributed by atoms with Crippen LogP contribution in [0.2, 0.25) is 0 Å². The Morgan fingerprint density at radius 1 is 1.08 bits per heavy atom. The number of nitrogens with one attached hydrogen (secondary N) is 1. The maximum Gasteiger partial charge on any atom is 0.364 e. The Hall–Kier alpha value is -4.78. The molecule has 4 rings (SSSR count). The van der Waals surface area contributed by atoms with E-state index in [-0.39, 0.29) is 12.3 Å². The molecule has 0 saturated carbocycles. The molecule has 0 atom stereocenters. The minimum atomic E-state index is -1.07. The number of aryl methyl sites for hydroxylation is 2. The van der Waals surface area contributed by atoms with Crippen LogP contribution in [0.1, 0.15) is 27.2 Å². The molecule has 0 radical (unpaired) electrons. The van der Waals surface area contributed by atoms with Crippen molar-refractivity contribution in [3.63, 3.8) is 0 Å². The van der Waals surface area contributed by atoms with Crippen molar-refractivity contribution in [2.75, 3.05) is 7.11 Å². The zero-order chi connectivity index (χ0) is 28.3. The second-order valence-electron chi connectivity index (χ2n) is 8.33. The Labute approximate surface area is 229 Å². The molecule has 200 valence electrons. The van der Waals surface area contributed by atoms with Gasteiger partial charge in [0.25, 0.3) is 11.2 Å². The summed E-state index contributed by atoms with van der Waals surface area (Å²) in [5, 5.41) is 14.7. The number of nitrogens with zero attached hydrogens (tertiary/aromatic N) is 3. The third kappa shape index (κ3) is 6.04. The highest BCUT2D eigenvalue weighted by Gasteiger charge is 2.19. The number of esters is 1. The maximum absolute atomic E-state index is 12.6. The summed E-state index contributed by atoms with van der Waals surface area (Å²) in [4.78, 5) is 49.8. The smallest absolute Gasteiger partial charge is 0.364 e. The SMILES string of the molecule is COc1ccc(Oc2c(C)cc(-n3nc(C(=O)OCc4ccc([N+](=O)[O-])cc4)c(=O)[nH]c3=O)cc2C)cc1Br. The van der Waals surface area contributed by atoms with Gasteiger partial charge >= 0.3 is 11.7 Å². The van der Waals surface area contributed by atoms with Gasteiger partial charge in [-0.2, -0.15) is 9.78 Å². The third-order valence-corrected chi connectivity index (χ3v) is 6.19. The Balaban J connectivity index is 1.58. The molecule has 12 nitrogen and oxygen atoms in total. The Bertz CT molecular complexity index is 1670. The summed E-state index contributed by atoms with van der Waals surface area (Å²) in [6, 6.07) is 13.9. The van der Waals surface area contributed by atoms with Crippen molar-refractivity contribution in [3.8, 4) is 22.9 Å². The number of aromatic nitrogens is 3. The highest BCUT2D eigenvalue weighted by atomic mass is 79.9. The van der Waals surface area contributed by atoms with Gasteiger partial charge in [0.05, 0.1) is 22.2 Å². The van der Waals surface area contributed by atoms with Crippen LogP contribution in [0.15, 0.2) is 68.7 Å². The quantitative estimate of drug-likeness (QED) is 0.177. The number of non-ortho nitro benzene ring substituents is 1. The number of rotatable bonds is 8. The molecular weight excluding hydrogens is 576 g/mol. The van der Waals surface area contributed by atoms with Gasteiger partial charge in [0, 0.05) is 12.1 Å². The van der Waals surface area contributed by atoms with Gasteiger partial charge in [-0.25, -0.2) is 9.59 Å². The number of hydrogen-bond acceptors (Lipinski definition) is 9. The van der Waals surface area contributed by atoms with Gasteiger partial charge in [0.1, 0.15) is 23.9 Å². The highest BCUT2D eigenvalue weighted by molar-refractivity contribution is 9.10. The molecule has 0 aliphatic heterocycles. The first-order valence-electron chi connectivity index (χ1n) is 11.3. The van der Waals surface area contributed by atoms with Crippen molar-refractivity contribution in [1.29, 1.82) is 0 Å². The van der Waals surface area contributed by atoms with Crippen LogP contribution >= 0.6 is 15.9 Å². The van der Waals surface area contributed by atoms with Gasteiger partial charge in [-0.15, -0.1) is 0 Å². The number of aromatic amines is 1. The van der Waals surface area contributed by atoms with Crippen LogP contribution in [0.3, 0.4) is 0 Å². The lowest BCUT2D eigenvalue weighted by Gasteiger charge is -2.15. The van der Waals surface area contributed by atoms with Gasteiger partial charge in [0.2, 0.25) is 5.69 Å². The molecule has 0 amide bonds. The van der Waals surface area contributed by atoms with Gasteiger partial charge < -0.3 is 14.2 Å². The standard InChI is InChI=1S/C26H21BrN4O8/c1-14-10-18(11-15(2)23(14)39-19-8-9-21(37-3)20(27)12-19)30-26(34)28-24(32)22(29-30)25(33)38-13-16-4-6-17(7-5-16)31(35)36/h4-12H,13H2,1-3H3,(H,28,32,34). The number of methoxy groups -OCH3 is 1. The normalized spacial score (nSPS) is 10.7. The molecule has 1 N–H and O–H groups in total. The van der Waals surface area contributed by atoms with Gasteiger partial charge in [-0.3, -0.25) is 19.9 Å². The molecule has 1 heterocycles. The summed E-state index contributed by atoms with van der Waals surface area (Å²) < 4.78 is 18.0. The van der Waals surface area contributed by atoms with E-state index in [0.717, 1.165) is 4.68 Å². The number of nitro groups is 1. The number of nitro benzene ring substituents is 1. The summed E-state index contributed by atoms with van der Waals surface area (Å²) in [5.74, 6) is 0.689. The Morgan fingerprint density at radius 3 is 2.33 bits per heavy atom. The molecule has 1 aromatic heterocycles. The summed E-state index contributed by atoms with van der Waals surface area (Å²) in [5.41, 5.74) is -0.520. The largest absolute Gasteiger partial charge is 0.496 e. The van der Waals surface area contributed by atoms with Gasteiger partial charge in [-0.05, 0) is 88.9 Å². The van der Waals surface area contributed by atoms with E-state index in [1.165, 1.54) is 24.3 Å². The zero-order valence-electron chi connectivity index (χ0n) is 20.9. The summed E-state index contributed by atoms with van der Waals surface area (Å²) in [7, 11) is 1.56. The number of ether oxygens (including phenoxy) is 3. The fourth-order valence-electron chi connectivity index (χ4n) is 3.68. The summed E-state index contributed by atoms with van der Waals surface area (Å²) >= 11 is 3.42. The van der Waals surface area contributed by atoms with Crippen LogP contribution in [-0.2, 0) is 11.3 Å². The highest BCUT2D eigenvalue weighted by Crippen LogP contribution is 2.34. The van der Waals surface area contributed by atoms with Crippen LogP contribution in [0.4, 0.5) is 5.69 Å². The van der Waals surface area contributed by atoms with Crippen molar-refractivity contribution in [2.24, 2.45) is 0 Å². The first kappa shape index (κ1) is 27.3. The van der Waals surface area contributed by atoms with Crippen LogP contribution in [0.25, 0.3) is 5.69 Å². The second kappa shape index (κ2) is 11.3. The van der Waals surface area contributed by atoms with E-state index in [2.05, 4.69) is 26.0 Å². The Kier molecular flexibility index (Phi) is 7.91. The summed E-state index contributed by atoms with van der Waals surface area (Å²) in [6.45, 7) is 3.30. The monoisotopic (exact) mass is 596 g/mol. The number of carbonyl (C=O) groups is 1. The van der Waals surface area contributed by atoms with E-state index in [0.29, 0.717) is 44.1 Å².